The molecule has 2 saturated heterocycles. The van der Waals surface area contributed by atoms with E-state index in [0.717, 1.165) is 32.6 Å². The highest BCUT2D eigenvalue weighted by Gasteiger charge is 2.26. The minimum absolute atomic E-state index is 0.496. The maximum absolute atomic E-state index is 5.42. The van der Waals surface area contributed by atoms with Crippen molar-refractivity contribution in [1.82, 2.24) is 15.5 Å². The first kappa shape index (κ1) is 11.2. The highest BCUT2D eigenvalue weighted by atomic mass is 16.5. The van der Waals surface area contributed by atoms with Crippen LogP contribution in [0.5, 0.6) is 0 Å². The van der Waals surface area contributed by atoms with Crippen molar-refractivity contribution in [2.24, 2.45) is 0 Å². The quantitative estimate of drug-likeness (QED) is 0.824. The van der Waals surface area contributed by atoms with Crippen molar-refractivity contribution in [1.29, 1.82) is 0 Å². The van der Waals surface area contributed by atoms with Crippen LogP contribution >= 0.6 is 0 Å². The number of nitrogens with zero attached hydrogens (tertiary/aromatic N) is 1. The third-order valence-corrected chi connectivity index (χ3v) is 4.10. The fourth-order valence-electron chi connectivity index (χ4n) is 3.06. The van der Waals surface area contributed by atoms with Gasteiger partial charge in [0.2, 0.25) is 0 Å². The van der Waals surface area contributed by atoms with Gasteiger partial charge >= 0.3 is 0 Å². The van der Waals surface area contributed by atoms with Gasteiger partial charge in [-0.3, -0.25) is 5.10 Å². The van der Waals surface area contributed by atoms with Crippen LogP contribution < -0.4 is 5.32 Å². The predicted octanol–water partition coefficient (Wildman–Crippen LogP) is 2.04. The Balaban J connectivity index is 1.80. The van der Waals surface area contributed by atoms with E-state index in [0.29, 0.717) is 12.0 Å². The van der Waals surface area contributed by atoms with Crippen molar-refractivity contribution >= 4 is 0 Å². The van der Waals surface area contributed by atoms with E-state index in [1.165, 1.54) is 29.8 Å². The Morgan fingerprint density at radius 1 is 1.24 bits per heavy atom. The molecular weight excluding hydrogens is 214 g/mol. The molecule has 4 heteroatoms. The molecule has 0 bridgehead atoms. The zero-order chi connectivity index (χ0) is 11.7. The van der Waals surface area contributed by atoms with E-state index in [9.17, 15) is 0 Å². The number of H-pyrrole nitrogens is 1. The molecule has 3 rings (SSSR count). The summed E-state index contributed by atoms with van der Waals surface area (Å²) in [5.74, 6) is 0.593. The summed E-state index contributed by atoms with van der Waals surface area (Å²) < 4.78 is 5.42. The number of rotatable bonds is 2. The second-order valence-corrected chi connectivity index (χ2v) is 5.18. The van der Waals surface area contributed by atoms with E-state index < -0.39 is 0 Å². The fourth-order valence-corrected chi connectivity index (χ4v) is 3.06. The first-order valence-corrected chi connectivity index (χ1v) is 6.72. The van der Waals surface area contributed by atoms with Gasteiger partial charge in [-0.2, -0.15) is 5.10 Å². The van der Waals surface area contributed by atoms with E-state index in [1.54, 1.807) is 0 Å². The van der Waals surface area contributed by atoms with Gasteiger partial charge in [0.1, 0.15) is 0 Å². The van der Waals surface area contributed by atoms with Crippen LogP contribution in [0.1, 0.15) is 54.6 Å². The monoisotopic (exact) mass is 235 g/mol. The SMILES string of the molecule is Cc1c(C2CCOCC2)n[nH]c1C1CCCN1. The summed E-state index contributed by atoms with van der Waals surface area (Å²) in [6, 6.07) is 0.496. The van der Waals surface area contributed by atoms with Crippen LogP contribution in [0.2, 0.25) is 0 Å². The summed E-state index contributed by atoms with van der Waals surface area (Å²) in [5, 5.41) is 11.4. The largest absolute Gasteiger partial charge is 0.381 e. The molecule has 2 fully saturated rings. The van der Waals surface area contributed by atoms with Gasteiger partial charge in [0, 0.05) is 25.2 Å². The summed E-state index contributed by atoms with van der Waals surface area (Å²) in [4.78, 5) is 0. The molecule has 0 saturated carbocycles. The Morgan fingerprint density at radius 3 is 2.76 bits per heavy atom. The minimum atomic E-state index is 0.496. The van der Waals surface area contributed by atoms with E-state index in [-0.39, 0.29) is 0 Å². The lowest BCUT2D eigenvalue weighted by atomic mass is 9.92. The lowest BCUT2D eigenvalue weighted by Crippen LogP contribution is -2.16. The zero-order valence-electron chi connectivity index (χ0n) is 10.5. The van der Waals surface area contributed by atoms with Crippen molar-refractivity contribution < 1.29 is 4.74 Å². The molecule has 94 valence electrons. The van der Waals surface area contributed by atoms with Crippen LogP contribution in [-0.2, 0) is 4.74 Å². The molecule has 0 spiro atoms. The zero-order valence-corrected chi connectivity index (χ0v) is 10.5. The van der Waals surface area contributed by atoms with E-state index in [2.05, 4.69) is 22.4 Å². The number of aromatic amines is 1. The van der Waals surface area contributed by atoms with Gasteiger partial charge in [0.15, 0.2) is 0 Å². The molecule has 1 aromatic rings. The standard InChI is InChI=1S/C13H21N3O/c1-9-12(10-4-7-17-8-5-10)15-16-13(9)11-3-2-6-14-11/h10-11,14H,2-8H2,1H3,(H,15,16). The molecule has 2 aliphatic heterocycles. The lowest BCUT2D eigenvalue weighted by Gasteiger charge is -2.21. The Hall–Kier alpha value is -0.870. The minimum Gasteiger partial charge on any atom is -0.381 e. The highest BCUT2D eigenvalue weighted by Crippen LogP contribution is 2.32. The predicted molar refractivity (Wildman–Crippen MR) is 66.1 cm³/mol. The van der Waals surface area contributed by atoms with E-state index in [4.69, 9.17) is 4.74 Å². The molecule has 4 nitrogen and oxygen atoms in total. The van der Waals surface area contributed by atoms with Gasteiger partial charge in [0.25, 0.3) is 0 Å². The average Bonchev–Trinajstić information content (AvgIpc) is 2.99. The smallest absolute Gasteiger partial charge is 0.0687 e. The van der Waals surface area contributed by atoms with Crippen LogP contribution in [0.25, 0.3) is 0 Å². The summed E-state index contributed by atoms with van der Waals surface area (Å²) >= 11 is 0. The summed E-state index contributed by atoms with van der Waals surface area (Å²) in [6.07, 6.45) is 4.73. The number of ether oxygens (including phenoxy) is 1. The van der Waals surface area contributed by atoms with Gasteiger partial charge in [-0.25, -0.2) is 0 Å². The molecule has 17 heavy (non-hydrogen) atoms. The van der Waals surface area contributed by atoms with Gasteiger partial charge in [-0.1, -0.05) is 0 Å². The summed E-state index contributed by atoms with van der Waals surface area (Å²) in [5.41, 5.74) is 3.96. The Labute approximate surface area is 102 Å². The molecule has 1 aromatic heterocycles. The van der Waals surface area contributed by atoms with Crippen molar-refractivity contribution in [2.75, 3.05) is 19.8 Å². The fraction of sp³-hybridized carbons (Fsp3) is 0.769. The Kier molecular flexibility index (Phi) is 3.16. The number of nitrogens with one attached hydrogen (secondary N) is 2. The average molecular weight is 235 g/mol. The van der Waals surface area contributed by atoms with Gasteiger partial charge in [-0.05, 0) is 44.7 Å². The van der Waals surface area contributed by atoms with Crippen molar-refractivity contribution in [3.63, 3.8) is 0 Å². The second-order valence-electron chi connectivity index (χ2n) is 5.18. The molecule has 1 atom stereocenters. The number of hydrogen-bond acceptors (Lipinski definition) is 3. The second kappa shape index (κ2) is 4.78. The third kappa shape index (κ3) is 2.11. The van der Waals surface area contributed by atoms with Crippen LogP contribution in [0.15, 0.2) is 0 Å². The lowest BCUT2D eigenvalue weighted by molar-refractivity contribution is 0.0844. The molecule has 1 unspecified atom stereocenters. The normalized spacial score (nSPS) is 26.5. The summed E-state index contributed by atoms with van der Waals surface area (Å²) in [7, 11) is 0. The Morgan fingerprint density at radius 2 is 2.06 bits per heavy atom. The molecule has 0 aromatic carbocycles. The van der Waals surface area contributed by atoms with Gasteiger partial charge in [-0.15, -0.1) is 0 Å². The maximum Gasteiger partial charge on any atom is 0.0687 e. The van der Waals surface area contributed by atoms with E-state index >= 15 is 0 Å². The van der Waals surface area contributed by atoms with Crippen molar-refractivity contribution in [3.8, 4) is 0 Å². The highest BCUT2D eigenvalue weighted by molar-refractivity contribution is 5.29. The topological polar surface area (TPSA) is 49.9 Å². The molecule has 3 heterocycles. The first-order chi connectivity index (χ1) is 8.36. The molecular formula is C13H21N3O. The number of hydrogen-bond donors (Lipinski definition) is 2. The van der Waals surface area contributed by atoms with Crippen LogP contribution in [0, 0.1) is 6.92 Å². The van der Waals surface area contributed by atoms with Crippen LogP contribution in [0.4, 0.5) is 0 Å². The molecule has 0 radical (unpaired) electrons. The number of aromatic nitrogens is 2. The van der Waals surface area contributed by atoms with E-state index in [1.807, 2.05) is 0 Å². The van der Waals surface area contributed by atoms with Gasteiger partial charge in [0.05, 0.1) is 11.4 Å². The summed E-state index contributed by atoms with van der Waals surface area (Å²) in [6.45, 7) is 5.11. The molecule has 2 N–H and O–H groups in total. The molecule has 0 amide bonds. The molecule has 2 aliphatic rings. The Bertz CT molecular complexity index is 376. The maximum atomic E-state index is 5.42. The van der Waals surface area contributed by atoms with Crippen molar-refractivity contribution in [2.45, 2.75) is 44.6 Å². The first-order valence-electron chi connectivity index (χ1n) is 6.72. The molecule has 0 aliphatic carbocycles. The van der Waals surface area contributed by atoms with Crippen molar-refractivity contribution in [3.05, 3.63) is 17.0 Å². The van der Waals surface area contributed by atoms with Gasteiger partial charge < -0.3 is 10.1 Å². The van der Waals surface area contributed by atoms with Crippen LogP contribution in [-0.4, -0.2) is 30.0 Å². The van der Waals surface area contributed by atoms with Crippen LogP contribution in [0.3, 0.4) is 0 Å². The third-order valence-electron chi connectivity index (χ3n) is 4.10.